The highest BCUT2D eigenvalue weighted by Crippen LogP contribution is 2.18. The molecule has 138 valence electrons. The Kier molecular flexibility index (Phi) is 7.27. The Morgan fingerprint density at radius 2 is 1.84 bits per heavy atom. The SMILES string of the molecule is CN=C(NCC(=O)NC1CC1)N1CCN(c2ccc(F)cc2)CC1.I. The molecule has 8 heteroatoms. The van der Waals surface area contributed by atoms with Crippen LogP contribution in [0.15, 0.2) is 29.3 Å². The monoisotopic (exact) mass is 461 g/mol. The average Bonchev–Trinajstić information content (AvgIpc) is 3.41. The van der Waals surface area contributed by atoms with Crippen LogP contribution in [0.3, 0.4) is 0 Å². The van der Waals surface area contributed by atoms with E-state index in [0.717, 1.165) is 50.7 Å². The van der Waals surface area contributed by atoms with Crippen LogP contribution in [-0.4, -0.2) is 62.6 Å². The van der Waals surface area contributed by atoms with Gasteiger partial charge >= 0.3 is 0 Å². The van der Waals surface area contributed by atoms with Gasteiger partial charge in [-0.05, 0) is 37.1 Å². The number of benzene rings is 1. The molecule has 0 bridgehead atoms. The van der Waals surface area contributed by atoms with E-state index in [1.165, 1.54) is 12.1 Å². The van der Waals surface area contributed by atoms with Crippen molar-refractivity contribution >= 4 is 41.5 Å². The Bertz CT molecular complexity index is 598. The lowest BCUT2D eigenvalue weighted by atomic mass is 10.2. The Morgan fingerprint density at radius 3 is 2.40 bits per heavy atom. The van der Waals surface area contributed by atoms with Crippen LogP contribution in [0.2, 0.25) is 0 Å². The summed E-state index contributed by atoms with van der Waals surface area (Å²) in [7, 11) is 1.73. The lowest BCUT2D eigenvalue weighted by Gasteiger charge is -2.37. The van der Waals surface area contributed by atoms with E-state index < -0.39 is 0 Å². The van der Waals surface area contributed by atoms with Gasteiger partial charge in [0.2, 0.25) is 5.91 Å². The Morgan fingerprint density at radius 1 is 1.20 bits per heavy atom. The number of carbonyl (C=O) groups is 1. The van der Waals surface area contributed by atoms with Crippen molar-refractivity contribution in [3.63, 3.8) is 0 Å². The standard InChI is InChI=1S/C17H24FN5O.HI/c1-19-17(20-12-16(24)21-14-4-5-14)23-10-8-22(9-11-23)15-6-2-13(18)3-7-15;/h2-3,6-7,14H,4-5,8-12H2,1H3,(H,19,20)(H,21,24);1H. The van der Waals surface area contributed by atoms with Gasteiger partial charge in [-0.2, -0.15) is 0 Å². The van der Waals surface area contributed by atoms with Gasteiger partial charge in [-0.3, -0.25) is 9.79 Å². The Labute approximate surface area is 164 Å². The van der Waals surface area contributed by atoms with Crippen molar-refractivity contribution in [2.75, 3.05) is 44.7 Å². The molecule has 0 atom stereocenters. The highest BCUT2D eigenvalue weighted by atomic mass is 127. The summed E-state index contributed by atoms with van der Waals surface area (Å²) < 4.78 is 13.0. The van der Waals surface area contributed by atoms with E-state index >= 15 is 0 Å². The van der Waals surface area contributed by atoms with E-state index in [1.54, 1.807) is 19.2 Å². The molecule has 1 saturated heterocycles. The maximum Gasteiger partial charge on any atom is 0.239 e. The predicted octanol–water partition coefficient (Wildman–Crippen LogP) is 1.42. The van der Waals surface area contributed by atoms with Gasteiger partial charge in [-0.1, -0.05) is 0 Å². The number of carbonyl (C=O) groups excluding carboxylic acids is 1. The molecule has 1 aromatic rings. The molecule has 0 radical (unpaired) electrons. The van der Waals surface area contributed by atoms with Crippen LogP contribution in [0.1, 0.15) is 12.8 Å². The van der Waals surface area contributed by atoms with Crippen molar-refractivity contribution in [2.24, 2.45) is 4.99 Å². The summed E-state index contributed by atoms with van der Waals surface area (Å²) in [5.41, 5.74) is 1.03. The molecule has 1 aliphatic heterocycles. The number of hydrogen-bond acceptors (Lipinski definition) is 3. The Hall–Kier alpha value is -1.58. The first-order valence-corrected chi connectivity index (χ1v) is 8.41. The number of piperazine rings is 1. The number of halogens is 2. The number of rotatable bonds is 4. The zero-order chi connectivity index (χ0) is 16.9. The van der Waals surface area contributed by atoms with Crippen molar-refractivity contribution in [3.8, 4) is 0 Å². The number of nitrogens with zero attached hydrogens (tertiary/aromatic N) is 3. The molecule has 0 aromatic heterocycles. The zero-order valence-electron chi connectivity index (χ0n) is 14.4. The Balaban J connectivity index is 0.00000225. The van der Waals surface area contributed by atoms with Crippen LogP contribution in [0.25, 0.3) is 0 Å². The number of hydrogen-bond donors (Lipinski definition) is 2. The fraction of sp³-hybridized carbons (Fsp3) is 0.529. The molecular weight excluding hydrogens is 436 g/mol. The van der Waals surface area contributed by atoms with Gasteiger partial charge in [-0.25, -0.2) is 4.39 Å². The lowest BCUT2D eigenvalue weighted by Crippen LogP contribution is -2.53. The smallest absolute Gasteiger partial charge is 0.239 e. The molecule has 1 aliphatic carbocycles. The van der Waals surface area contributed by atoms with Gasteiger partial charge in [0, 0.05) is 45.0 Å². The van der Waals surface area contributed by atoms with Gasteiger partial charge in [0.05, 0.1) is 6.54 Å². The summed E-state index contributed by atoms with van der Waals surface area (Å²) in [5.74, 6) is 0.551. The molecule has 25 heavy (non-hydrogen) atoms. The van der Waals surface area contributed by atoms with Crippen LogP contribution >= 0.6 is 24.0 Å². The number of nitrogens with one attached hydrogen (secondary N) is 2. The van der Waals surface area contributed by atoms with E-state index in [0.29, 0.717) is 6.04 Å². The zero-order valence-corrected chi connectivity index (χ0v) is 16.7. The quantitative estimate of drug-likeness (QED) is 0.405. The minimum atomic E-state index is -0.216. The van der Waals surface area contributed by atoms with Crippen LogP contribution in [0.4, 0.5) is 10.1 Å². The first kappa shape index (κ1) is 19.7. The number of aliphatic imine (C=N–C) groups is 1. The summed E-state index contributed by atoms with van der Waals surface area (Å²) in [5, 5.41) is 6.09. The number of guanidine groups is 1. The molecule has 2 fully saturated rings. The fourth-order valence-electron chi connectivity index (χ4n) is 2.83. The largest absolute Gasteiger partial charge is 0.368 e. The van der Waals surface area contributed by atoms with Crippen molar-refractivity contribution < 1.29 is 9.18 Å². The minimum absolute atomic E-state index is 0. The van der Waals surface area contributed by atoms with Crippen LogP contribution in [0.5, 0.6) is 0 Å². The predicted molar refractivity (Wildman–Crippen MR) is 108 cm³/mol. The van der Waals surface area contributed by atoms with E-state index in [9.17, 15) is 9.18 Å². The van der Waals surface area contributed by atoms with Gasteiger partial charge in [0.15, 0.2) is 5.96 Å². The third-order valence-corrected chi connectivity index (χ3v) is 4.33. The normalized spacial score (nSPS) is 17.8. The van der Waals surface area contributed by atoms with Crippen molar-refractivity contribution in [1.82, 2.24) is 15.5 Å². The second kappa shape index (κ2) is 9.21. The lowest BCUT2D eigenvalue weighted by molar-refractivity contribution is -0.120. The van der Waals surface area contributed by atoms with E-state index in [-0.39, 0.29) is 42.2 Å². The molecule has 1 heterocycles. The highest BCUT2D eigenvalue weighted by molar-refractivity contribution is 14.0. The van der Waals surface area contributed by atoms with E-state index in [1.807, 2.05) is 0 Å². The molecule has 6 nitrogen and oxygen atoms in total. The first-order valence-electron chi connectivity index (χ1n) is 8.41. The van der Waals surface area contributed by atoms with E-state index in [4.69, 9.17) is 0 Å². The molecule has 2 aliphatic rings. The van der Waals surface area contributed by atoms with Gasteiger partial charge in [0.25, 0.3) is 0 Å². The molecule has 0 unspecified atom stereocenters. The summed E-state index contributed by atoms with van der Waals surface area (Å²) in [6.07, 6.45) is 2.18. The highest BCUT2D eigenvalue weighted by Gasteiger charge is 2.24. The minimum Gasteiger partial charge on any atom is -0.368 e. The van der Waals surface area contributed by atoms with E-state index in [2.05, 4.69) is 25.4 Å². The molecule has 1 saturated carbocycles. The van der Waals surface area contributed by atoms with Gasteiger partial charge in [-0.15, -0.1) is 24.0 Å². The fourth-order valence-corrected chi connectivity index (χ4v) is 2.83. The molecule has 0 spiro atoms. The van der Waals surface area contributed by atoms with Crippen LogP contribution < -0.4 is 15.5 Å². The molecular formula is C17H25FIN5O. The number of amides is 1. The average molecular weight is 461 g/mol. The van der Waals surface area contributed by atoms with Crippen LogP contribution in [0, 0.1) is 5.82 Å². The third kappa shape index (κ3) is 5.72. The summed E-state index contributed by atoms with van der Waals surface area (Å²) in [6, 6.07) is 6.96. The van der Waals surface area contributed by atoms with Crippen molar-refractivity contribution in [1.29, 1.82) is 0 Å². The topological polar surface area (TPSA) is 60.0 Å². The maximum atomic E-state index is 13.0. The first-order chi connectivity index (χ1) is 11.7. The van der Waals surface area contributed by atoms with Crippen LogP contribution in [-0.2, 0) is 4.79 Å². The van der Waals surface area contributed by atoms with Crippen molar-refractivity contribution in [3.05, 3.63) is 30.1 Å². The molecule has 1 amide bonds. The van der Waals surface area contributed by atoms with Gasteiger partial charge in [0.1, 0.15) is 5.82 Å². The molecule has 1 aromatic carbocycles. The second-order valence-corrected chi connectivity index (χ2v) is 6.19. The molecule has 3 rings (SSSR count). The van der Waals surface area contributed by atoms with Crippen molar-refractivity contribution in [2.45, 2.75) is 18.9 Å². The summed E-state index contributed by atoms with van der Waals surface area (Å²) in [6.45, 7) is 3.53. The number of anilines is 1. The maximum absolute atomic E-state index is 13.0. The second-order valence-electron chi connectivity index (χ2n) is 6.19. The summed E-state index contributed by atoms with van der Waals surface area (Å²) >= 11 is 0. The van der Waals surface area contributed by atoms with Gasteiger partial charge < -0.3 is 20.4 Å². The molecule has 2 N–H and O–H groups in total. The third-order valence-electron chi connectivity index (χ3n) is 4.33. The summed E-state index contributed by atoms with van der Waals surface area (Å²) in [4.78, 5) is 20.4.